The Morgan fingerprint density at radius 1 is 1.25 bits per heavy atom. The molecule has 0 spiro atoms. The van der Waals surface area contributed by atoms with E-state index < -0.39 is 0 Å². The van der Waals surface area contributed by atoms with E-state index in [4.69, 9.17) is 0 Å². The lowest BCUT2D eigenvalue weighted by atomic mass is 10.2. The molecule has 1 rings (SSSR count). The van der Waals surface area contributed by atoms with E-state index in [-0.39, 0.29) is 0 Å². The molecule has 90 valence electrons. The van der Waals surface area contributed by atoms with Crippen LogP contribution in [0.2, 0.25) is 0 Å². The first-order chi connectivity index (χ1) is 7.58. The predicted octanol–water partition coefficient (Wildman–Crippen LogP) is 3.33. The van der Waals surface area contributed by atoms with Crippen molar-refractivity contribution in [2.24, 2.45) is 5.92 Å². The highest BCUT2D eigenvalue weighted by molar-refractivity contribution is 7.99. The molecule has 0 aliphatic rings. The Hall–Kier alpha value is -0.540. The summed E-state index contributed by atoms with van der Waals surface area (Å²) in [5.74, 6) is 0.698. The van der Waals surface area contributed by atoms with E-state index in [1.54, 1.807) is 11.8 Å². The third-order valence-electron chi connectivity index (χ3n) is 2.04. The first kappa shape index (κ1) is 13.5. The molecule has 0 atom stereocenters. The van der Waals surface area contributed by atoms with Crippen LogP contribution >= 0.6 is 11.8 Å². The van der Waals surface area contributed by atoms with Crippen LogP contribution in [0.25, 0.3) is 0 Å². The van der Waals surface area contributed by atoms with E-state index >= 15 is 0 Å². The van der Waals surface area contributed by atoms with Crippen molar-refractivity contribution in [2.45, 2.75) is 44.5 Å². The molecule has 0 fully saturated rings. The fourth-order valence-corrected chi connectivity index (χ4v) is 2.08. The molecule has 0 saturated carbocycles. The van der Waals surface area contributed by atoms with Gasteiger partial charge in [0.2, 0.25) is 0 Å². The van der Waals surface area contributed by atoms with Crippen LogP contribution in [0, 0.1) is 5.92 Å². The van der Waals surface area contributed by atoms with Gasteiger partial charge in [0.25, 0.3) is 0 Å². The molecule has 1 N–H and O–H groups in total. The van der Waals surface area contributed by atoms with E-state index in [0.29, 0.717) is 11.2 Å². The first-order valence-electron chi connectivity index (χ1n) is 5.90. The van der Waals surface area contributed by atoms with Crippen LogP contribution in [0.1, 0.15) is 33.3 Å². The number of pyridine rings is 1. The number of hydrogen-bond donors (Lipinski definition) is 1. The van der Waals surface area contributed by atoms with Gasteiger partial charge in [-0.05, 0) is 24.1 Å². The highest BCUT2D eigenvalue weighted by atomic mass is 32.2. The minimum atomic E-state index is 0.595. The third kappa shape index (κ3) is 5.52. The van der Waals surface area contributed by atoms with Crippen LogP contribution in [0.3, 0.4) is 0 Å². The predicted molar refractivity (Wildman–Crippen MR) is 71.8 cm³/mol. The Kier molecular flexibility index (Phi) is 5.85. The van der Waals surface area contributed by atoms with Gasteiger partial charge in [0.15, 0.2) is 0 Å². The molecule has 1 heterocycles. The summed E-state index contributed by atoms with van der Waals surface area (Å²) < 4.78 is 0. The number of hydrogen-bond acceptors (Lipinski definition) is 3. The minimum absolute atomic E-state index is 0.595. The van der Waals surface area contributed by atoms with E-state index in [1.165, 1.54) is 5.56 Å². The topological polar surface area (TPSA) is 24.9 Å². The lowest BCUT2D eigenvalue weighted by Crippen LogP contribution is -2.18. The Morgan fingerprint density at radius 2 is 2.00 bits per heavy atom. The molecule has 16 heavy (non-hydrogen) atoms. The monoisotopic (exact) mass is 238 g/mol. The quantitative estimate of drug-likeness (QED) is 0.770. The smallest absolute Gasteiger partial charge is 0.0962 e. The van der Waals surface area contributed by atoms with Crippen LogP contribution in [-0.2, 0) is 6.54 Å². The Balaban J connectivity index is 2.39. The highest BCUT2D eigenvalue weighted by Gasteiger charge is 2.00. The van der Waals surface area contributed by atoms with Gasteiger partial charge in [0, 0.05) is 18.0 Å². The molecule has 0 unspecified atom stereocenters. The van der Waals surface area contributed by atoms with Crippen LogP contribution in [0.15, 0.2) is 23.4 Å². The second-order valence-electron chi connectivity index (χ2n) is 4.70. The molecule has 0 amide bonds. The van der Waals surface area contributed by atoms with Crippen molar-refractivity contribution >= 4 is 11.8 Å². The molecule has 0 aromatic carbocycles. The zero-order valence-corrected chi connectivity index (χ0v) is 11.5. The molecule has 1 aromatic rings. The summed E-state index contributed by atoms with van der Waals surface area (Å²) in [6, 6.07) is 4.27. The van der Waals surface area contributed by atoms with E-state index in [2.05, 4.69) is 50.1 Å². The van der Waals surface area contributed by atoms with Gasteiger partial charge in [0.1, 0.15) is 0 Å². The van der Waals surface area contributed by atoms with Gasteiger partial charge in [-0.2, -0.15) is 0 Å². The maximum absolute atomic E-state index is 4.44. The lowest BCUT2D eigenvalue weighted by molar-refractivity contribution is 0.551. The van der Waals surface area contributed by atoms with Crippen molar-refractivity contribution in [3.05, 3.63) is 23.9 Å². The summed E-state index contributed by atoms with van der Waals surface area (Å²) >= 11 is 1.80. The molecule has 0 saturated heterocycles. The average Bonchev–Trinajstić information content (AvgIpc) is 2.19. The number of thioether (sulfide) groups is 1. The summed E-state index contributed by atoms with van der Waals surface area (Å²) in [6.45, 7) is 10.8. The molecule has 0 aliphatic carbocycles. The zero-order valence-electron chi connectivity index (χ0n) is 10.7. The summed E-state index contributed by atoms with van der Waals surface area (Å²) in [5, 5.41) is 5.12. The molecule has 1 aromatic heterocycles. The minimum Gasteiger partial charge on any atom is -0.312 e. The van der Waals surface area contributed by atoms with Crippen LogP contribution < -0.4 is 5.32 Å². The van der Waals surface area contributed by atoms with E-state index in [0.717, 1.165) is 18.1 Å². The van der Waals surface area contributed by atoms with E-state index in [1.807, 2.05) is 6.20 Å². The molecule has 2 nitrogen and oxygen atoms in total. The molecular weight excluding hydrogens is 216 g/mol. The summed E-state index contributed by atoms with van der Waals surface area (Å²) in [4.78, 5) is 4.44. The van der Waals surface area contributed by atoms with Gasteiger partial charge in [-0.3, -0.25) is 0 Å². The molecule has 0 bridgehead atoms. The Morgan fingerprint density at radius 3 is 2.50 bits per heavy atom. The standard InChI is InChI=1S/C13H22N2S/c1-10(2)7-14-8-12-5-6-13(15-9-12)16-11(3)4/h5-6,9-11,14H,7-8H2,1-4H3. The van der Waals surface area contributed by atoms with Gasteiger partial charge >= 0.3 is 0 Å². The van der Waals surface area contributed by atoms with Crippen molar-refractivity contribution < 1.29 is 0 Å². The summed E-state index contributed by atoms with van der Waals surface area (Å²) in [6.07, 6.45) is 1.97. The van der Waals surface area contributed by atoms with Gasteiger partial charge in [0.05, 0.1) is 5.03 Å². The first-order valence-corrected chi connectivity index (χ1v) is 6.78. The Bertz CT molecular complexity index is 293. The maximum atomic E-state index is 4.44. The molecular formula is C13H22N2S. The summed E-state index contributed by atoms with van der Waals surface area (Å²) in [5.41, 5.74) is 1.26. The number of nitrogens with zero attached hydrogens (tertiary/aromatic N) is 1. The van der Waals surface area contributed by atoms with Crippen molar-refractivity contribution in [1.82, 2.24) is 10.3 Å². The van der Waals surface area contributed by atoms with Crippen molar-refractivity contribution in [1.29, 1.82) is 0 Å². The largest absolute Gasteiger partial charge is 0.312 e. The van der Waals surface area contributed by atoms with Crippen molar-refractivity contribution in [3.63, 3.8) is 0 Å². The Labute approximate surface area is 103 Å². The number of aromatic nitrogens is 1. The fourth-order valence-electron chi connectivity index (χ4n) is 1.33. The third-order valence-corrected chi connectivity index (χ3v) is 2.99. The second-order valence-corrected chi connectivity index (χ2v) is 6.29. The van der Waals surface area contributed by atoms with Crippen LogP contribution in [0.4, 0.5) is 0 Å². The van der Waals surface area contributed by atoms with Gasteiger partial charge in [-0.15, -0.1) is 11.8 Å². The maximum Gasteiger partial charge on any atom is 0.0962 e. The summed E-state index contributed by atoms with van der Waals surface area (Å²) in [7, 11) is 0. The molecule has 0 radical (unpaired) electrons. The zero-order chi connectivity index (χ0) is 12.0. The normalized spacial score (nSPS) is 11.4. The lowest BCUT2D eigenvalue weighted by Gasteiger charge is -2.08. The highest BCUT2D eigenvalue weighted by Crippen LogP contribution is 2.20. The average molecular weight is 238 g/mol. The van der Waals surface area contributed by atoms with Gasteiger partial charge in [-0.25, -0.2) is 4.98 Å². The van der Waals surface area contributed by atoms with Crippen LogP contribution in [0.5, 0.6) is 0 Å². The van der Waals surface area contributed by atoms with Crippen LogP contribution in [-0.4, -0.2) is 16.8 Å². The van der Waals surface area contributed by atoms with Crippen molar-refractivity contribution in [2.75, 3.05) is 6.54 Å². The number of rotatable bonds is 6. The van der Waals surface area contributed by atoms with Gasteiger partial charge in [-0.1, -0.05) is 33.8 Å². The fraction of sp³-hybridized carbons (Fsp3) is 0.615. The molecule has 3 heteroatoms. The van der Waals surface area contributed by atoms with E-state index in [9.17, 15) is 0 Å². The van der Waals surface area contributed by atoms with Crippen molar-refractivity contribution in [3.8, 4) is 0 Å². The number of nitrogens with one attached hydrogen (secondary N) is 1. The van der Waals surface area contributed by atoms with Gasteiger partial charge < -0.3 is 5.32 Å². The second kappa shape index (κ2) is 6.92. The SMILES string of the molecule is CC(C)CNCc1ccc(SC(C)C)nc1. The molecule has 0 aliphatic heterocycles.